The van der Waals surface area contributed by atoms with Crippen molar-refractivity contribution in [2.45, 2.75) is 13.5 Å². The normalized spacial score (nSPS) is 10.3. The first-order chi connectivity index (χ1) is 6.76. The number of rotatable bonds is 1. The molecule has 0 aliphatic rings. The molecule has 4 heteroatoms. The van der Waals surface area contributed by atoms with Gasteiger partial charge in [0.05, 0.1) is 17.4 Å². The zero-order valence-corrected chi connectivity index (χ0v) is 7.86. The number of hydrogen-bond donors (Lipinski definition) is 1. The van der Waals surface area contributed by atoms with Crippen LogP contribution in [0.4, 0.5) is 5.69 Å². The van der Waals surface area contributed by atoms with Crippen LogP contribution in [0.3, 0.4) is 0 Å². The van der Waals surface area contributed by atoms with Crippen LogP contribution >= 0.6 is 0 Å². The second kappa shape index (κ2) is 3.04. The number of anilines is 1. The second-order valence-corrected chi connectivity index (χ2v) is 3.08. The molecular weight excluding hydrogens is 176 g/mol. The molecule has 0 saturated heterocycles. The lowest BCUT2D eigenvalue weighted by atomic mass is 10.2. The first kappa shape index (κ1) is 8.57. The van der Waals surface area contributed by atoms with Gasteiger partial charge in [-0.3, -0.25) is 0 Å². The Labute approximate surface area is 81.6 Å². The molecule has 2 aromatic rings. The molecule has 0 atom stereocenters. The average Bonchev–Trinajstić information content (AvgIpc) is 2.55. The van der Waals surface area contributed by atoms with Crippen molar-refractivity contribution in [2.75, 3.05) is 5.73 Å². The number of nitriles is 1. The predicted octanol–water partition coefficient (Wildman–Crippen LogP) is 1.51. The molecule has 2 N–H and O–H groups in total. The van der Waals surface area contributed by atoms with Crippen molar-refractivity contribution in [3.8, 4) is 6.07 Å². The summed E-state index contributed by atoms with van der Waals surface area (Å²) >= 11 is 0. The third-order valence-corrected chi connectivity index (χ3v) is 2.20. The van der Waals surface area contributed by atoms with Gasteiger partial charge in [0.25, 0.3) is 0 Å². The Morgan fingerprint density at radius 1 is 1.64 bits per heavy atom. The van der Waals surface area contributed by atoms with Crippen molar-refractivity contribution < 1.29 is 0 Å². The van der Waals surface area contributed by atoms with Gasteiger partial charge in [-0.25, -0.2) is 4.98 Å². The van der Waals surface area contributed by atoms with Crippen LogP contribution in [-0.4, -0.2) is 9.55 Å². The van der Waals surface area contributed by atoms with Crippen molar-refractivity contribution in [1.29, 1.82) is 5.26 Å². The van der Waals surface area contributed by atoms with Gasteiger partial charge in [-0.2, -0.15) is 5.26 Å². The van der Waals surface area contributed by atoms with Gasteiger partial charge >= 0.3 is 0 Å². The Morgan fingerprint density at radius 2 is 2.43 bits per heavy atom. The van der Waals surface area contributed by atoms with E-state index in [-0.39, 0.29) is 0 Å². The SMILES string of the molecule is CCn1cc(C#N)c2cc(N)cnc21. The number of aryl methyl sites for hydroxylation is 1. The summed E-state index contributed by atoms with van der Waals surface area (Å²) in [6.07, 6.45) is 3.41. The fourth-order valence-electron chi connectivity index (χ4n) is 1.52. The summed E-state index contributed by atoms with van der Waals surface area (Å²) in [4.78, 5) is 4.21. The molecule has 0 fully saturated rings. The molecule has 0 saturated carbocycles. The minimum atomic E-state index is 0.586. The third kappa shape index (κ3) is 1.11. The Kier molecular flexibility index (Phi) is 1.86. The zero-order valence-electron chi connectivity index (χ0n) is 7.86. The topological polar surface area (TPSA) is 67.6 Å². The predicted molar refractivity (Wildman–Crippen MR) is 54.5 cm³/mol. The molecule has 0 aromatic carbocycles. The minimum Gasteiger partial charge on any atom is -0.397 e. The van der Waals surface area contributed by atoms with E-state index in [0.717, 1.165) is 17.6 Å². The van der Waals surface area contributed by atoms with Crippen LogP contribution in [0.1, 0.15) is 12.5 Å². The first-order valence-corrected chi connectivity index (χ1v) is 4.40. The van der Waals surface area contributed by atoms with E-state index in [4.69, 9.17) is 11.0 Å². The van der Waals surface area contributed by atoms with Gasteiger partial charge in [0.1, 0.15) is 11.7 Å². The molecule has 2 aromatic heterocycles. The van der Waals surface area contributed by atoms with Crippen molar-refractivity contribution in [3.05, 3.63) is 24.0 Å². The molecule has 0 radical (unpaired) electrons. The lowest BCUT2D eigenvalue weighted by molar-refractivity contribution is 0.787. The average molecular weight is 186 g/mol. The highest BCUT2D eigenvalue weighted by Gasteiger charge is 2.07. The third-order valence-electron chi connectivity index (χ3n) is 2.20. The van der Waals surface area contributed by atoms with Crippen molar-refractivity contribution >= 4 is 16.7 Å². The van der Waals surface area contributed by atoms with E-state index in [9.17, 15) is 0 Å². The van der Waals surface area contributed by atoms with Crippen LogP contribution in [0.25, 0.3) is 11.0 Å². The van der Waals surface area contributed by atoms with Gasteiger partial charge in [-0.05, 0) is 13.0 Å². The highest BCUT2D eigenvalue weighted by atomic mass is 15.0. The highest BCUT2D eigenvalue weighted by molar-refractivity contribution is 5.85. The number of nitrogen functional groups attached to an aromatic ring is 1. The maximum Gasteiger partial charge on any atom is 0.141 e. The lowest BCUT2D eigenvalue weighted by Crippen LogP contribution is -1.93. The van der Waals surface area contributed by atoms with Crippen LogP contribution < -0.4 is 5.73 Å². The summed E-state index contributed by atoms with van der Waals surface area (Å²) < 4.78 is 1.94. The molecule has 0 bridgehead atoms. The Bertz CT molecular complexity index is 519. The largest absolute Gasteiger partial charge is 0.397 e. The lowest BCUT2D eigenvalue weighted by Gasteiger charge is -1.98. The highest BCUT2D eigenvalue weighted by Crippen LogP contribution is 2.20. The van der Waals surface area contributed by atoms with Crippen molar-refractivity contribution in [1.82, 2.24) is 9.55 Å². The van der Waals surface area contributed by atoms with Crippen LogP contribution in [-0.2, 0) is 6.54 Å². The number of fused-ring (bicyclic) bond motifs is 1. The minimum absolute atomic E-state index is 0.586. The molecule has 0 spiro atoms. The van der Waals surface area contributed by atoms with Gasteiger partial charge in [-0.1, -0.05) is 0 Å². The summed E-state index contributed by atoms with van der Waals surface area (Å²) in [7, 11) is 0. The summed E-state index contributed by atoms with van der Waals surface area (Å²) in [5.41, 5.74) is 7.65. The fourth-order valence-corrected chi connectivity index (χ4v) is 1.52. The monoisotopic (exact) mass is 186 g/mol. The molecule has 0 aliphatic carbocycles. The van der Waals surface area contributed by atoms with Crippen molar-refractivity contribution in [3.63, 3.8) is 0 Å². The van der Waals surface area contributed by atoms with E-state index in [0.29, 0.717) is 11.3 Å². The molecule has 4 nitrogen and oxygen atoms in total. The summed E-state index contributed by atoms with van der Waals surface area (Å²) in [6.45, 7) is 2.81. The maximum atomic E-state index is 8.90. The van der Waals surface area contributed by atoms with E-state index in [1.807, 2.05) is 11.5 Å². The number of nitrogens with two attached hydrogens (primary N) is 1. The molecule has 0 unspecified atom stereocenters. The van der Waals surface area contributed by atoms with Crippen molar-refractivity contribution in [2.24, 2.45) is 0 Å². The number of pyridine rings is 1. The first-order valence-electron chi connectivity index (χ1n) is 4.40. The van der Waals surface area contributed by atoms with Crippen LogP contribution in [0.15, 0.2) is 18.5 Å². The number of aromatic nitrogens is 2. The van der Waals surface area contributed by atoms with E-state index in [1.165, 1.54) is 0 Å². The molecule has 2 rings (SSSR count). The quantitative estimate of drug-likeness (QED) is 0.734. The van der Waals surface area contributed by atoms with Gasteiger partial charge in [0, 0.05) is 18.1 Å². The van der Waals surface area contributed by atoms with Gasteiger partial charge in [0.2, 0.25) is 0 Å². The van der Waals surface area contributed by atoms with Crippen LogP contribution in [0.2, 0.25) is 0 Å². The van der Waals surface area contributed by atoms with E-state index >= 15 is 0 Å². The Balaban J connectivity index is 2.84. The van der Waals surface area contributed by atoms with E-state index < -0.39 is 0 Å². The Hall–Kier alpha value is -2.02. The molecular formula is C10H10N4. The van der Waals surface area contributed by atoms with Gasteiger partial charge in [-0.15, -0.1) is 0 Å². The molecule has 0 aliphatic heterocycles. The van der Waals surface area contributed by atoms with Crippen LogP contribution in [0, 0.1) is 11.3 Å². The maximum absolute atomic E-state index is 8.90. The molecule has 70 valence electrons. The molecule has 2 heterocycles. The summed E-state index contributed by atoms with van der Waals surface area (Å²) in [6, 6.07) is 3.92. The second-order valence-electron chi connectivity index (χ2n) is 3.08. The number of nitrogens with zero attached hydrogens (tertiary/aromatic N) is 3. The zero-order chi connectivity index (χ0) is 10.1. The standard InChI is InChI=1S/C10H10N4/c1-2-14-6-7(4-11)9-3-8(12)5-13-10(9)14/h3,5-6H,2,12H2,1H3. The fraction of sp³-hybridized carbons (Fsp3) is 0.200. The van der Waals surface area contributed by atoms with E-state index in [2.05, 4.69) is 11.1 Å². The van der Waals surface area contributed by atoms with Gasteiger partial charge < -0.3 is 10.3 Å². The number of hydrogen-bond acceptors (Lipinski definition) is 3. The van der Waals surface area contributed by atoms with Crippen LogP contribution in [0.5, 0.6) is 0 Å². The smallest absolute Gasteiger partial charge is 0.141 e. The van der Waals surface area contributed by atoms with E-state index in [1.54, 1.807) is 18.5 Å². The summed E-state index contributed by atoms with van der Waals surface area (Å²) in [5, 5.41) is 9.73. The van der Waals surface area contributed by atoms with Gasteiger partial charge in [0.15, 0.2) is 0 Å². The molecule has 14 heavy (non-hydrogen) atoms. The summed E-state index contributed by atoms with van der Waals surface area (Å²) in [5.74, 6) is 0. The molecule has 0 amide bonds. The Morgan fingerprint density at radius 3 is 3.07 bits per heavy atom.